The predicted molar refractivity (Wildman–Crippen MR) is 53.8 cm³/mol. The molecule has 3 heteroatoms. The summed E-state index contributed by atoms with van der Waals surface area (Å²) in [5.41, 5.74) is -0.0338. The van der Waals surface area contributed by atoms with Crippen LogP contribution in [0.3, 0.4) is 0 Å². The second kappa shape index (κ2) is 3.63. The minimum atomic E-state index is -0.0338. The molecule has 0 saturated heterocycles. The van der Waals surface area contributed by atoms with Crippen LogP contribution in [0.2, 0.25) is 0 Å². The van der Waals surface area contributed by atoms with Crippen LogP contribution in [-0.2, 0) is 0 Å². The summed E-state index contributed by atoms with van der Waals surface area (Å²) < 4.78 is 0. The smallest absolute Gasteiger partial charge is 0.188 e. The van der Waals surface area contributed by atoms with Crippen molar-refractivity contribution in [2.24, 2.45) is 9.98 Å². The maximum atomic E-state index is 5.16. The molecule has 0 saturated carbocycles. The monoisotopic (exact) mass is 188 g/mol. The summed E-state index contributed by atoms with van der Waals surface area (Å²) in [5.74, 6) is 3.22. The number of thioether (sulfide) groups is 1. The third-order valence-electron chi connectivity index (χ3n) is 1.70. The quantitative estimate of drug-likeness (QED) is 0.623. The zero-order chi connectivity index (χ0) is 9.10. The SMILES string of the molecule is C#CCSC1N=c2ccccc2=N1. The molecular weight excluding hydrogens is 180 g/mol. The van der Waals surface area contributed by atoms with Gasteiger partial charge in [-0.05, 0) is 12.1 Å². The molecule has 1 aliphatic heterocycles. The van der Waals surface area contributed by atoms with Gasteiger partial charge in [0, 0.05) is 0 Å². The van der Waals surface area contributed by atoms with Crippen molar-refractivity contribution >= 4 is 11.8 Å². The van der Waals surface area contributed by atoms with Crippen molar-refractivity contribution in [3.05, 3.63) is 35.0 Å². The van der Waals surface area contributed by atoms with Gasteiger partial charge in [0.2, 0.25) is 0 Å². The van der Waals surface area contributed by atoms with Crippen LogP contribution in [0.25, 0.3) is 0 Å². The molecule has 0 aliphatic carbocycles. The molecule has 0 fully saturated rings. The first-order valence-corrected chi connectivity index (χ1v) is 5.01. The Morgan fingerprint density at radius 2 is 1.92 bits per heavy atom. The third-order valence-corrected chi connectivity index (χ3v) is 2.54. The Balaban J connectivity index is 2.26. The molecule has 1 aromatic rings. The molecule has 0 radical (unpaired) electrons. The van der Waals surface area contributed by atoms with E-state index >= 15 is 0 Å². The van der Waals surface area contributed by atoms with Crippen LogP contribution in [0.5, 0.6) is 0 Å². The fourth-order valence-electron chi connectivity index (χ4n) is 1.15. The lowest BCUT2D eigenvalue weighted by molar-refractivity contribution is 0.979. The Hall–Kier alpha value is -1.27. The van der Waals surface area contributed by atoms with E-state index in [1.807, 2.05) is 24.3 Å². The average molecular weight is 188 g/mol. The minimum absolute atomic E-state index is 0.0338. The molecule has 64 valence electrons. The van der Waals surface area contributed by atoms with Gasteiger partial charge in [0.15, 0.2) is 5.50 Å². The van der Waals surface area contributed by atoms with Gasteiger partial charge >= 0.3 is 0 Å². The summed E-state index contributed by atoms with van der Waals surface area (Å²) in [5, 5.41) is 1.94. The van der Waals surface area contributed by atoms with Crippen molar-refractivity contribution in [1.82, 2.24) is 0 Å². The maximum Gasteiger partial charge on any atom is 0.188 e. The van der Waals surface area contributed by atoms with Crippen LogP contribution < -0.4 is 10.7 Å². The first-order valence-electron chi connectivity index (χ1n) is 3.96. The zero-order valence-electron chi connectivity index (χ0n) is 6.97. The molecule has 0 unspecified atom stereocenters. The standard InChI is InChI=1S/C10H8N2S/c1-2-7-13-10-11-8-5-3-4-6-9(8)12-10/h1,3-6,10H,7H2. The second-order valence-corrected chi connectivity index (χ2v) is 3.63. The molecule has 0 N–H and O–H groups in total. The number of rotatable bonds is 2. The average Bonchev–Trinajstić information content (AvgIpc) is 2.57. The predicted octanol–water partition coefficient (Wildman–Crippen LogP) is 0.589. The van der Waals surface area contributed by atoms with E-state index in [-0.39, 0.29) is 5.50 Å². The van der Waals surface area contributed by atoms with Crippen LogP contribution in [0, 0.1) is 12.3 Å². The van der Waals surface area contributed by atoms with E-state index in [9.17, 15) is 0 Å². The molecule has 1 heterocycles. The molecule has 0 atom stereocenters. The Morgan fingerprint density at radius 3 is 2.46 bits per heavy atom. The van der Waals surface area contributed by atoms with Crippen molar-refractivity contribution in [3.63, 3.8) is 0 Å². The van der Waals surface area contributed by atoms with E-state index in [0.717, 1.165) is 10.7 Å². The topological polar surface area (TPSA) is 24.7 Å². The van der Waals surface area contributed by atoms with E-state index < -0.39 is 0 Å². The fraction of sp³-hybridized carbons (Fsp3) is 0.200. The first-order chi connectivity index (χ1) is 6.40. The summed E-state index contributed by atoms with van der Waals surface area (Å²) in [7, 11) is 0. The molecule has 1 aromatic carbocycles. The van der Waals surface area contributed by atoms with Crippen molar-refractivity contribution < 1.29 is 0 Å². The van der Waals surface area contributed by atoms with Crippen LogP contribution in [-0.4, -0.2) is 11.3 Å². The van der Waals surface area contributed by atoms with Crippen molar-refractivity contribution in [1.29, 1.82) is 0 Å². The summed E-state index contributed by atoms with van der Waals surface area (Å²) in [6.45, 7) is 0. The number of hydrogen-bond acceptors (Lipinski definition) is 3. The molecule has 0 spiro atoms. The molecule has 2 rings (SSSR count). The fourth-order valence-corrected chi connectivity index (χ4v) is 1.77. The van der Waals surface area contributed by atoms with Gasteiger partial charge in [-0.25, -0.2) is 9.98 Å². The number of benzene rings is 1. The lowest BCUT2D eigenvalue weighted by atomic mass is 10.3. The van der Waals surface area contributed by atoms with E-state index in [2.05, 4.69) is 15.9 Å². The number of hydrogen-bond donors (Lipinski definition) is 0. The van der Waals surface area contributed by atoms with Crippen molar-refractivity contribution in [2.45, 2.75) is 5.50 Å². The van der Waals surface area contributed by atoms with Crippen molar-refractivity contribution in [3.8, 4) is 12.3 Å². The van der Waals surface area contributed by atoms with E-state index in [1.54, 1.807) is 11.8 Å². The summed E-state index contributed by atoms with van der Waals surface area (Å²) in [6.07, 6.45) is 5.16. The van der Waals surface area contributed by atoms with Gasteiger partial charge < -0.3 is 0 Å². The maximum absolute atomic E-state index is 5.16. The third kappa shape index (κ3) is 1.73. The van der Waals surface area contributed by atoms with Gasteiger partial charge in [-0.2, -0.15) is 0 Å². The van der Waals surface area contributed by atoms with Crippen LogP contribution in [0.15, 0.2) is 34.3 Å². The van der Waals surface area contributed by atoms with Crippen LogP contribution in [0.1, 0.15) is 0 Å². The number of fused-ring (bicyclic) bond motifs is 1. The highest BCUT2D eigenvalue weighted by Crippen LogP contribution is 2.12. The van der Waals surface area contributed by atoms with Gasteiger partial charge in [0.05, 0.1) is 16.5 Å². The van der Waals surface area contributed by atoms with Crippen LogP contribution >= 0.6 is 11.8 Å². The molecule has 0 aromatic heterocycles. The number of nitrogens with zero attached hydrogens (tertiary/aromatic N) is 2. The van der Waals surface area contributed by atoms with E-state index in [1.165, 1.54) is 0 Å². The second-order valence-electron chi connectivity index (χ2n) is 2.59. The lowest BCUT2D eigenvalue weighted by Crippen LogP contribution is -2.19. The van der Waals surface area contributed by atoms with Gasteiger partial charge in [-0.3, -0.25) is 0 Å². The summed E-state index contributed by atoms with van der Waals surface area (Å²) in [6, 6.07) is 7.86. The molecule has 0 bridgehead atoms. The Kier molecular flexibility index (Phi) is 2.33. The summed E-state index contributed by atoms with van der Waals surface area (Å²) >= 11 is 1.57. The highest BCUT2D eigenvalue weighted by Gasteiger charge is 2.07. The molecule has 2 nitrogen and oxygen atoms in total. The van der Waals surface area contributed by atoms with E-state index in [4.69, 9.17) is 6.42 Å². The Morgan fingerprint density at radius 1 is 1.31 bits per heavy atom. The van der Waals surface area contributed by atoms with Gasteiger partial charge in [0.25, 0.3) is 0 Å². The normalized spacial score (nSPS) is 14.1. The summed E-state index contributed by atoms with van der Waals surface area (Å²) in [4.78, 5) is 8.78. The lowest BCUT2D eigenvalue weighted by Gasteiger charge is -1.97. The van der Waals surface area contributed by atoms with Crippen LogP contribution in [0.4, 0.5) is 0 Å². The van der Waals surface area contributed by atoms with Crippen molar-refractivity contribution in [2.75, 3.05) is 5.75 Å². The minimum Gasteiger partial charge on any atom is -0.246 e. The van der Waals surface area contributed by atoms with Gasteiger partial charge in [0.1, 0.15) is 0 Å². The highest BCUT2D eigenvalue weighted by atomic mass is 32.2. The number of para-hydroxylation sites is 2. The largest absolute Gasteiger partial charge is 0.246 e. The number of terminal acetylenes is 1. The Bertz CT molecular complexity index is 424. The van der Waals surface area contributed by atoms with Gasteiger partial charge in [-0.15, -0.1) is 6.42 Å². The zero-order valence-corrected chi connectivity index (χ0v) is 7.79. The molecule has 0 amide bonds. The highest BCUT2D eigenvalue weighted by molar-refractivity contribution is 8.00. The van der Waals surface area contributed by atoms with Gasteiger partial charge in [-0.1, -0.05) is 29.8 Å². The van der Waals surface area contributed by atoms with E-state index in [0.29, 0.717) is 5.75 Å². The Labute approximate surface area is 80.8 Å². The first kappa shape index (κ1) is 8.33. The molecule has 13 heavy (non-hydrogen) atoms. The molecular formula is C10H8N2S. The molecule has 1 aliphatic rings.